The van der Waals surface area contributed by atoms with Crippen LogP contribution in [0.15, 0.2) is 82.1 Å². The first-order valence-electron chi connectivity index (χ1n) is 11.3. The van der Waals surface area contributed by atoms with Crippen molar-refractivity contribution in [1.29, 1.82) is 0 Å². The van der Waals surface area contributed by atoms with Crippen LogP contribution in [-0.2, 0) is 10.0 Å². The van der Waals surface area contributed by atoms with E-state index in [4.69, 9.17) is 0 Å². The molecule has 35 heavy (non-hydrogen) atoms. The van der Waals surface area contributed by atoms with Crippen LogP contribution < -0.4 is 5.32 Å². The second-order valence-corrected chi connectivity index (χ2v) is 10.1. The molecular formula is C26H25N5O3S. The number of carbonyl (C=O) groups is 1. The Balaban J connectivity index is 1.35. The maximum absolute atomic E-state index is 12.9. The number of hydrogen-bond acceptors (Lipinski definition) is 4. The van der Waals surface area contributed by atoms with Crippen LogP contribution in [0.25, 0.3) is 16.7 Å². The number of rotatable bonds is 5. The molecule has 0 bridgehead atoms. The van der Waals surface area contributed by atoms with Gasteiger partial charge in [0, 0.05) is 37.0 Å². The number of hydrogen-bond donors (Lipinski definition) is 1. The number of para-hydroxylation sites is 1. The largest absolute Gasteiger partial charge is 0.362 e. The second kappa shape index (κ2) is 8.99. The molecule has 0 radical (unpaired) electrons. The summed E-state index contributed by atoms with van der Waals surface area (Å²) in [7, 11) is -1.96. The maximum Gasteiger partial charge on any atom is 0.283 e. The third kappa shape index (κ3) is 4.54. The average molecular weight is 488 g/mol. The third-order valence-corrected chi connectivity index (χ3v) is 7.39. The van der Waals surface area contributed by atoms with E-state index in [9.17, 15) is 13.2 Å². The number of fused-ring (bicyclic) bond motifs is 1. The van der Waals surface area contributed by atoms with Crippen molar-refractivity contribution in [3.63, 3.8) is 0 Å². The number of benzene rings is 3. The Hall–Kier alpha value is -3.98. The summed E-state index contributed by atoms with van der Waals surface area (Å²) >= 11 is 0. The molecule has 1 aromatic heterocycles. The van der Waals surface area contributed by atoms with Gasteiger partial charge in [0.25, 0.3) is 15.9 Å². The summed E-state index contributed by atoms with van der Waals surface area (Å²) in [5.41, 5.74) is 3.59. The SMILES string of the molecule is Cc1nc2cc(C(=O)Nc3ccc(S(=O)(=O)/N=C4\CCCN4C)cc3)ccc2n1-c1ccccc1. The molecule has 0 atom stereocenters. The topological polar surface area (TPSA) is 96.7 Å². The smallest absolute Gasteiger partial charge is 0.283 e. The van der Waals surface area contributed by atoms with Crippen LogP contribution >= 0.6 is 0 Å². The summed E-state index contributed by atoms with van der Waals surface area (Å²) in [4.78, 5) is 19.4. The molecule has 1 saturated heterocycles. The fraction of sp³-hybridized carbons (Fsp3) is 0.192. The van der Waals surface area contributed by atoms with Crippen molar-refractivity contribution in [2.45, 2.75) is 24.7 Å². The van der Waals surface area contributed by atoms with Crippen LogP contribution in [0.5, 0.6) is 0 Å². The minimum Gasteiger partial charge on any atom is -0.362 e. The van der Waals surface area contributed by atoms with Gasteiger partial charge in [0.15, 0.2) is 0 Å². The lowest BCUT2D eigenvalue weighted by atomic mass is 10.1. The van der Waals surface area contributed by atoms with Gasteiger partial charge < -0.3 is 10.2 Å². The number of amidine groups is 1. The molecule has 0 unspecified atom stereocenters. The summed E-state index contributed by atoms with van der Waals surface area (Å²) in [5, 5.41) is 2.82. The third-order valence-electron chi connectivity index (χ3n) is 6.07. The standard InChI is InChI=1S/C26H25N5O3S/c1-18-27-23-17-19(10-15-24(23)31(18)21-7-4-3-5-8-21)26(32)28-20-11-13-22(14-12-20)35(33,34)29-25-9-6-16-30(25)2/h3-5,7-8,10-15,17H,6,9,16H2,1-2H3,(H,28,32)/b29-25+. The zero-order chi connectivity index (χ0) is 24.6. The van der Waals surface area contributed by atoms with Crippen molar-refractivity contribution < 1.29 is 13.2 Å². The van der Waals surface area contributed by atoms with Gasteiger partial charge in [-0.2, -0.15) is 8.42 Å². The van der Waals surface area contributed by atoms with E-state index in [-0.39, 0.29) is 10.8 Å². The van der Waals surface area contributed by atoms with Gasteiger partial charge >= 0.3 is 0 Å². The average Bonchev–Trinajstić information content (AvgIpc) is 3.40. The van der Waals surface area contributed by atoms with Gasteiger partial charge in [-0.05, 0) is 67.9 Å². The van der Waals surface area contributed by atoms with E-state index in [1.165, 1.54) is 12.1 Å². The summed E-state index contributed by atoms with van der Waals surface area (Å²) in [5.74, 6) is 1.10. The molecule has 4 aromatic rings. The Bertz CT molecular complexity index is 1540. The summed E-state index contributed by atoms with van der Waals surface area (Å²) in [6, 6.07) is 21.4. The quantitative estimate of drug-likeness (QED) is 0.450. The number of imidazole rings is 1. The predicted molar refractivity (Wildman–Crippen MR) is 137 cm³/mol. The van der Waals surface area contributed by atoms with E-state index in [1.54, 1.807) is 24.3 Å². The lowest BCUT2D eigenvalue weighted by molar-refractivity contribution is 0.102. The number of nitrogens with one attached hydrogen (secondary N) is 1. The Morgan fingerprint density at radius 2 is 1.77 bits per heavy atom. The number of amides is 1. The van der Waals surface area contributed by atoms with Crippen molar-refractivity contribution in [1.82, 2.24) is 14.5 Å². The Morgan fingerprint density at radius 1 is 1.03 bits per heavy atom. The van der Waals surface area contributed by atoms with Gasteiger partial charge in [0.1, 0.15) is 11.7 Å². The van der Waals surface area contributed by atoms with Gasteiger partial charge in [-0.15, -0.1) is 4.40 Å². The van der Waals surface area contributed by atoms with E-state index in [0.29, 0.717) is 23.5 Å². The highest BCUT2D eigenvalue weighted by Crippen LogP contribution is 2.23. The van der Waals surface area contributed by atoms with Crippen LogP contribution in [-0.4, -0.2) is 48.2 Å². The highest BCUT2D eigenvalue weighted by atomic mass is 32.2. The zero-order valence-corrected chi connectivity index (χ0v) is 20.3. The van der Waals surface area contributed by atoms with Gasteiger partial charge in [-0.1, -0.05) is 18.2 Å². The lowest BCUT2D eigenvalue weighted by Crippen LogP contribution is -2.20. The number of carbonyl (C=O) groups excluding carboxylic acids is 1. The molecule has 178 valence electrons. The summed E-state index contributed by atoms with van der Waals surface area (Å²) in [6.45, 7) is 2.73. The molecule has 1 amide bonds. The zero-order valence-electron chi connectivity index (χ0n) is 19.5. The van der Waals surface area contributed by atoms with E-state index >= 15 is 0 Å². The van der Waals surface area contributed by atoms with Gasteiger partial charge in [-0.3, -0.25) is 9.36 Å². The minimum atomic E-state index is -3.80. The normalized spacial score (nSPS) is 15.1. The van der Waals surface area contributed by atoms with Crippen molar-refractivity contribution in [3.8, 4) is 5.69 Å². The predicted octanol–water partition coefficient (Wildman–Crippen LogP) is 4.40. The molecule has 0 saturated carbocycles. The number of aryl methyl sites for hydroxylation is 1. The number of aromatic nitrogens is 2. The van der Waals surface area contributed by atoms with Crippen molar-refractivity contribution >= 4 is 38.5 Å². The highest BCUT2D eigenvalue weighted by molar-refractivity contribution is 7.90. The molecule has 8 nitrogen and oxygen atoms in total. The molecule has 1 aliphatic heterocycles. The summed E-state index contributed by atoms with van der Waals surface area (Å²) < 4.78 is 31.3. The Morgan fingerprint density at radius 3 is 2.46 bits per heavy atom. The van der Waals surface area contributed by atoms with Crippen LogP contribution in [0.2, 0.25) is 0 Å². The van der Waals surface area contributed by atoms with E-state index < -0.39 is 10.0 Å². The lowest BCUT2D eigenvalue weighted by Gasteiger charge is -2.11. The number of anilines is 1. The fourth-order valence-electron chi connectivity index (χ4n) is 4.26. The second-order valence-electron chi connectivity index (χ2n) is 8.52. The molecule has 3 aromatic carbocycles. The van der Waals surface area contributed by atoms with Crippen molar-refractivity contribution in [2.75, 3.05) is 18.9 Å². The Labute approximate surface area is 204 Å². The number of likely N-dealkylation sites (tertiary alicyclic amines) is 1. The molecule has 0 spiro atoms. The van der Waals surface area contributed by atoms with E-state index in [2.05, 4.69) is 14.7 Å². The van der Waals surface area contributed by atoms with Crippen molar-refractivity contribution in [2.24, 2.45) is 4.40 Å². The van der Waals surface area contributed by atoms with Crippen LogP contribution in [0, 0.1) is 6.92 Å². The minimum absolute atomic E-state index is 0.0895. The molecule has 5 rings (SSSR count). The number of sulfonamides is 1. The first-order chi connectivity index (χ1) is 16.8. The van der Waals surface area contributed by atoms with Crippen molar-refractivity contribution in [3.05, 3.63) is 84.2 Å². The molecule has 1 aliphatic rings. The van der Waals surface area contributed by atoms with Crippen LogP contribution in [0.4, 0.5) is 5.69 Å². The Kier molecular flexibility index (Phi) is 5.86. The molecule has 2 heterocycles. The summed E-state index contributed by atoms with van der Waals surface area (Å²) in [6.07, 6.45) is 1.55. The molecular weight excluding hydrogens is 462 g/mol. The highest BCUT2D eigenvalue weighted by Gasteiger charge is 2.20. The monoisotopic (exact) mass is 487 g/mol. The van der Waals surface area contributed by atoms with Gasteiger partial charge in [-0.25, -0.2) is 4.98 Å². The van der Waals surface area contributed by atoms with E-state index in [0.717, 1.165) is 35.5 Å². The molecule has 1 fully saturated rings. The fourth-order valence-corrected chi connectivity index (χ4v) is 5.35. The van der Waals surface area contributed by atoms with Gasteiger partial charge in [0.2, 0.25) is 0 Å². The van der Waals surface area contributed by atoms with E-state index in [1.807, 2.05) is 59.8 Å². The molecule has 9 heteroatoms. The van der Waals surface area contributed by atoms with Crippen LogP contribution in [0.1, 0.15) is 29.0 Å². The molecule has 1 N–H and O–H groups in total. The first-order valence-corrected chi connectivity index (χ1v) is 12.8. The van der Waals surface area contributed by atoms with Gasteiger partial charge in [0.05, 0.1) is 15.9 Å². The first kappa shape index (κ1) is 22.8. The van der Waals surface area contributed by atoms with Crippen LogP contribution in [0.3, 0.4) is 0 Å². The molecule has 0 aliphatic carbocycles. The number of nitrogens with zero attached hydrogens (tertiary/aromatic N) is 4. The maximum atomic E-state index is 12.9.